The molecule has 0 aromatic heterocycles. The van der Waals surface area contributed by atoms with E-state index in [2.05, 4.69) is 0 Å². The fourth-order valence-corrected chi connectivity index (χ4v) is 1.65. The highest BCUT2D eigenvalue weighted by Crippen LogP contribution is 2.31. The van der Waals surface area contributed by atoms with E-state index < -0.39 is 5.97 Å². The molecule has 0 saturated carbocycles. The summed E-state index contributed by atoms with van der Waals surface area (Å²) in [7, 11) is 3.09. The molecule has 1 atom stereocenters. The summed E-state index contributed by atoms with van der Waals surface area (Å²) >= 11 is 0. The predicted molar refractivity (Wildman–Crippen MR) is 70.8 cm³/mol. The summed E-state index contributed by atoms with van der Waals surface area (Å²) in [5.74, 6) is 0.110. The maximum atomic E-state index is 10.7. The van der Waals surface area contributed by atoms with Crippen molar-refractivity contribution in [3.05, 3.63) is 23.8 Å². The first-order valence-corrected chi connectivity index (χ1v) is 5.26. The largest absolute Gasteiger partial charge is 0.493 e. The lowest BCUT2D eigenvalue weighted by Crippen LogP contribution is -2.16. The topological polar surface area (TPSA) is 81.8 Å². The Morgan fingerprint density at radius 2 is 1.94 bits per heavy atom. The minimum absolute atomic E-state index is 0. The van der Waals surface area contributed by atoms with Crippen LogP contribution in [-0.4, -0.2) is 31.8 Å². The highest BCUT2D eigenvalue weighted by molar-refractivity contribution is 5.85. The van der Waals surface area contributed by atoms with E-state index >= 15 is 0 Å². The van der Waals surface area contributed by atoms with Crippen molar-refractivity contribution in [2.75, 3.05) is 20.8 Å². The summed E-state index contributed by atoms with van der Waals surface area (Å²) in [6.07, 6.45) is 0.00594. The lowest BCUT2D eigenvalue weighted by molar-refractivity contribution is -0.137. The highest BCUT2D eigenvalue weighted by atomic mass is 35.5. The van der Waals surface area contributed by atoms with Crippen LogP contribution in [-0.2, 0) is 4.79 Å². The van der Waals surface area contributed by atoms with Crippen LogP contribution in [0.15, 0.2) is 18.2 Å². The van der Waals surface area contributed by atoms with Crippen LogP contribution in [0, 0.1) is 0 Å². The number of carbonyl (C=O) groups is 1. The highest BCUT2D eigenvalue weighted by Gasteiger charge is 2.16. The molecule has 0 radical (unpaired) electrons. The average Bonchev–Trinajstić information content (AvgIpc) is 2.34. The number of halogens is 1. The first-order valence-electron chi connectivity index (χ1n) is 5.26. The van der Waals surface area contributed by atoms with Crippen molar-refractivity contribution in [1.29, 1.82) is 0 Å². The van der Waals surface area contributed by atoms with Gasteiger partial charge in [-0.3, -0.25) is 4.79 Å². The van der Waals surface area contributed by atoms with Crippen LogP contribution >= 0.6 is 12.4 Å². The number of carboxylic acids is 1. The van der Waals surface area contributed by atoms with Gasteiger partial charge >= 0.3 is 5.97 Å². The fraction of sp³-hybridized carbons (Fsp3) is 0.417. The van der Waals surface area contributed by atoms with Crippen molar-refractivity contribution in [3.63, 3.8) is 0 Å². The van der Waals surface area contributed by atoms with Gasteiger partial charge in [0.25, 0.3) is 0 Å². The summed E-state index contributed by atoms with van der Waals surface area (Å²) in [6, 6.07) is 5.32. The van der Waals surface area contributed by atoms with E-state index in [1.165, 1.54) is 7.11 Å². The third kappa shape index (κ3) is 4.09. The maximum Gasteiger partial charge on any atom is 0.304 e. The van der Waals surface area contributed by atoms with Crippen molar-refractivity contribution in [3.8, 4) is 11.5 Å². The van der Waals surface area contributed by atoms with E-state index in [0.717, 1.165) is 5.56 Å². The van der Waals surface area contributed by atoms with Crippen molar-refractivity contribution >= 4 is 18.4 Å². The molecule has 1 rings (SSSR count). The number of ether oxygens (including phenoxy) is 2. The fourth-order valence-electron chi connectivity index (χ4n) is 1.65. The molecule has 1 unspecified atom stereocenters. The monoisotopic (exact) mass is 275 g/mol. The first kappa shape index (κ1) is 16.5. The number of methoxy groups -OCH3 is 2. The zero-order valence-electron chi connectivity index (χ0n) is 10.4. The number of benzene rings is 1. The van der Waals surface area contributed by atoms with Gasteiger partial charge in [-0.1, -0.05) is 6.07 Å². The van der Waals surface area contributed by atoms with E-state index in [4.69, 9.17) is 20.3 Å². The second-order valence-electron chi connectivity index (χ2n) is 3.64. The molecule has 0 aliphatic heterocycles. The second kappa shape index (κ2) is 7.79. The van der Waals surface area contributed by atoms with E-state index in [-0.39, 0.29) is 31.3 Å². The van der Waals surface area contributed by atoms with Crippen molar-refractivity contribution in [2.24, 2.45) is 5.73 Å². The Morgan fingerprint density at radius 1 is 1.33 bits per heavy atom. The SMILES string of the molecule is COc1ccc(C(CN)CC(=O)O)cc1OC.Cl. The lowest BCUT2D eigenvalue weighted by Gasteiger charge is -2.15. The standard InChI is InChI=1S/C12H17NO4.ClH/c1-16-10-4-3-8(5-11(10)17-2)9(7-13)6-12(14)15;/h3-5,9H,6-7,13H2,1-2H3,(H,14,15);1H. The summed E-state index contributed by atoms with van der Waals surface area (Å²) < 4.78 is 10.3. The molecular formula is C12H18ClNO4. The van der Waals surface area contributed by atoms with Crippen LogP contribution in [0.25, 0.3) is 0 Å². The summed E-state index contributed by atoms with van der Waals surface area (Å²) in [5.41, 5.74) is 6.42. The van der Waals surface area contributed by atoms with Gasteiger partial charge in [0.05, 0.1) is 20.6 Å². The molecule has 0 aliphatic rings. The molecule has 0 heterocycles. The normalized spacial score (nSPS) is 11.3. The van der Waals surface area contributed by atoms with Crippen LogP contribution in [0.1, 0.15) is 17.9 Å². The third-order valence-corrected chi connectivity index (χ3v) is 2.58. The van der Waals surface area contributed by atoms with Gasteiger partial charge in [-0.2, -0.15) is 0 Å². The molecule has 0 saturated heterocycles. The second-order valence-corrected chi connectivity index (χ2v) is 3.64. The third-order valence-electron chi connectivity index (χ3n) is 2.58. The van der Waals surface area contributed by atoms with Crippen molar-refractivity contribution in [1.82, 2.24) is 0 Å². The molecule has 3 N–H and O–H groups in total. The minimum atomic E-state index is -0.866. The number of hydrogen-bond acceptors (Lipinski definition) is 4. The van der Waals surface area contributed by atoms with Crippen LogP contribution in [0.5, 0.6) is 11.5 Å². The predicted octanol–water partition coefficient (Wildman–Crippen LogP) is 1.64. The molecule has 0 fully saturated rings. The Morgan fingerprint density at radius 3 is 2.39 bits per heavy atom. The van der Waals surface area contributed by atoms with E-state index in [0.29, 0.717) is 11.5 Å². The Kier molecular flexibility index (Phi) is 7.16. The van der Waals surface area contributed by atoms with Gasteiger partial charge in [0.2, 0.25) is 0 Å². The maximum absolute atomic E-state index is 10.7. The Labute approximate surface area is 112 Å². The zero-order chi connectivity index (χ0) is 12.8. The lowest BCUT2D eigenvalue weighted by atomic mass is 9.95. The number of hydrogen-bond donors (Lipinski definition) is 2. The van der Waals surface area contributed by atoms with Crippen molar-refractivity contribution < 1.29 is 19.4 Å². The number of aliphatic carboxylic acids is 1. The molecule has 5 nitrogen and oxygen atoms in total. The van der Waals surface area contributed by atoms with Gasteiger partial charge < -0.3 is 20.3 Å². The van der Waals surface area contributed by atoms with Crippen LogP contribution < -0.4 is 15.2 Å². The quantitative estimate of drug-likeness (QED) is 0.825. The first-order chi connectivity index (χ1) is 8.12. The number of carboxylic acid groups (broad SMARTS) is 1. The van der Waals surface area contributed by atoms with Gasteiger partial charge in [-0.25, -0.2) is 0 Å². The van der Waals surface area contributed by atoms with Gasteiger partial charge in [0.1, 0.15) is 0 Å². The Hall–Kier alpha value is -1.46. The average molecular weight is 276 g/mol. The molecule has 1 aromatic rings. The molecule has 0 amide bonds. The zero-order valence-corrected chi connectivity index (χ0v) is 11.2. The smallest absolute Gasteiger partial charge is 0.304 e. The molecule has 102 valence electrons. The minimum Gasteiger partial charge on any atom is -0.493 e. The van der Waals surface area contributed by atoms with Crippen LogP contribution in [0.3, 0.4) is 0 Å². The summed E-state index contributed by atoms with van der Waals surface area (Å²) in [4.78, 5) is 10.7. The number of nitrogens with two attached hydrogens (primary N) is 1. The molecule has 6 heteroatoms. The summed E-state index contributed by atoms with van der Waals surface area (Å²) in [5, 5.41) is 8.79. The van der Waals surface area contributed by atoms with E-state index in [1.807, 2.05) is 6.07 Å². The Balaban J connectivity index is 0.00000289. The molecule has 0 bridgehead atoms. The van der Waals surface area contributed by atoms with Crippen molar-refractivity contribution in [2.45, 2.75) is 12.3 Å². The Bertz CT molecular complexity index is 398. The molecule has 0 aliphatic carbocycles. The molecule has 1 aromatic carbocycles. The van der Waals surface area contributed by atoms with E-state index in [1.54, 1.807) is 19.2 Å². The van der Waals surface area contributed by atoms with Gasteiger partial charge in [-0.05, 0) is 24.2 Å². The molecule has 18 heavy (non-hydrogen) atoms. The van der Waals surface area contributed by atoms with Crippen LogP contribution in [0.2, 0.25) is 0 Å². The van der Waals surface area contributed by atoms with Gasteiger partial charge in [-0.15, -0.1) is 12.4 Å². The van der Waals surface area contributed by atoms with Gasteiger partial charge in [0, 0.05) is 5.92 Å². The molecule has 0 spiro atoms. The van der Waals surface area contributed by atoms with E-state index in [9.17, 15) is 4.79 Å². The number of rotatable bonds is 6. The molecular weight excluding hydrogens is 258 g/mol. The van der Waals surface area contributed by atoms with Gasteiger partial charge in [0.15, 0.2) is 11.5 Å². The summed E-state index contributed by atoms with van der Waals surface area (Å²) in [6.45, 7) is 0.280. The van der Waals surface area contributed by atoms with Crippen LogP contribution in [0.4, 0.5) is 0 Å².